The summed E-state index contributed by atoms with van der Waals surface area (Å²) >= 11 is 7.40. The number of halogens is 1. The molecule has 3 aromatic rings. The van der Waals surface area contributed by atoms with Crippen LogP contribution in [0.1, 0.15) is 25.0 Å². The van der Waals surface area contributed by atoms with E-state index in [9.17, 15) is 14.7 Å². The van der Waals surface area contributed by atoms with E-state index in [2.05, 4.69) is 15.5 Å². The molecule has 0 aliphatic rings. The maximum Gasteiger partial charge on any atom is 0.326 e. The van der Waals surface area contributed by atoms with Crippen LogP contribution in [0.25, 0.3) is 17.1 Å². The van der Waals surface area contributed by atoms with Crippen molar-refractivity contribution in [2.45, 2.75) is 38.9 Å². The molecule has 0 aliphatic heterocycles. The Morgan fingerprint density at radius 3 is 2.56 bits per heavy atom. The standard InChI is InChI=1S/C23H25ClN4O3S/c1-13(2)20(22(30)31)25-19(29)12-32-23-27-26-21(16-6-5-7-17(24)11-16)28(23)18-10-14(3)8-9-15(18)4/h5-11,13,20H,12H2,1-4H3,(H,25,29)(H,30,31)/t20-/m1/s1. The zero-order valence-corrected chi connectivity index (χ0v) is 19.9. The van der Waals surface area contributed by atoms with Crippen LogP contribution in [-0.4, -0.2) is 43.5 Å². The molecule has 2 aromatic carbocycles. The summed E-state index contributed by atoms with van der Waals surface area (Å²) in [5.74, 6) is -1.05. The smallest absolute Gasteiger partial charge is 0.326 e. The van der Waals surface area contributed by atoms with Crippen LogP contribution in [0.3, 0.4) is 0 Å². The van der Waals surface area contributed by atoms with E-state index in [0.29, 0.717) is 16.0 Å². The number of aromatic nitrogens is 3. The number of aliphatic carboxylic acids is 1. The quantitative estimate of drug-likeness (QED) is 0.468. The molecule has 0 fully saturated rings. The third-order valence-electron chi connectivity index (χ3n) is 4.90. The molecule has 1 aromatic heterocycles. The summed E-state index contributed by atoms with van der Waals surface area (Å²) in [5.41, 5.74) is 3.80. The van der Waals surface area contributed by atoms with Crippen molar-refractivity contribution in [1.82, 2.24) is 20.1 Å². The summed E-state index contributed by atoms with van der Waals surface area (Å²) in [6.45, 7) is 7.50. The van der Waals surface area contributed by atoms with Crippen molar-refractivity contribution in [3.63, 3.8) is 0 Å². The first-order valence-corrected chi connectivity index (χ1v) is 11.5. The maximum atomic E-state index is 12.5. The molecule has 0 spiro atoms. The van der Waals surface area contributed by atoms with E-state index in [1.807, 2.05) is 54.8 Å². The van der Waals surface area contributed by atoms with Crippen LogP contribution in [0.15, 0.2) is 47.6 Å². The monoisotopic (exact) mass is 472 g/mol. The van der Waals surface area contributed by atoms with Crippen molar-refractivity contribution in [3.8, 4) is 17.1 Å². The van der Waals surface area contributed by atoms with E-state index in [0.717, 1.165) is 22.4 Å². The fourth-order valence-corrected chi connectivity index (χ4v) is 4.16. The zero-order valence-electron chi connectivity index (χ0n) is 18.3. The molecule has 1 heterocycles. The number of aryl methyl sites for hydroxylation is 2. The minimum atomic E-state index is -1.06. The molecule has 0 saturated carbocycles. The Balaban J connectivity index is 1.95. The minimum absolute atomic E-state index is 0.00897. The molecule has 2 N–H and O–H groups in total. The molecule has 168 valence electrons. The van der Waals surface area contributed by atoms with Gasteiger partial charge in [-0.1, -0.05) is 61.5 Å². The first-order valence-electron chi connectivity index (χ1n) is 10.1. The second kappa shape index (κ2) is 10.2. The van der Waals surface area contributed by atoms with E-state index in [4.69, 9.17) is 11.6 Å². The lowest BCUT2D eigenvalue weighted by Gasteiger charge is -2.18. The average Bonchev–Trinajstić information content (AvgIpc) is 3.15. The van der Waals surface area contributed by atoms with E-state index >= 15 is 0 Å². The summed E-state index contributed by atoms with van der Waals surface area (Å²) in [5, 5.41) is 21.7. The number of benzene rings is 2. The second-order valence-corrected chi connectivity index (χ2v) is 9.24. The van der Waals surface area contributed by atoms with Crippen molar-refractivity contribution in [3.05, 3.63) is 58.6 Å². The van der Waals surface area contributed by atoms with Crippen LogP contribution in [-0.2, 0) is 9.59 Å². The van der Waals surface area contributed by atoms with Gasteiger partial charge in [-0.25, -0.2) is 4.79 Å². The Morgan fingerprint density at radius 2 is 1.91 bits per heavy atom. The Bertz CT molecular complexity index is 1150. The molecule has 0 radical (unpaired) electrons. The zero-order chi connectivity index (χ0) is 23.4. The largest absolute Gasteiger partial charge is 0.480 e. The van der Waals surface area contributed by atoms with E-state index in [1.54, 1.807) is 19.9 Å². The highest BCUT2D eigenvalue weighted by molar-refractivity contribution is 7.99. The van der Waals surface area contributed by atoms with Gasteiger partial charge >= 0.3 is 5.97 Å². The minimum Gasteiger partial charge on any atom is -0.480 e. The number of carboxylic acid groups (broad SMARTS) is 1. The predicted molar refractivity (Wildman–Crippen MR) is 126 cm³/mol. The first kappa shape index (κ1) is 23.8. The Hall–Kier alpha value is -2.84. The van der Waals surface area contributed by atoms with Gasteiger partial charge in [-0.3, -0.25) is 9.36 Å². The van der Waals surface area contributed by atoms with Gasteiger partial charge in [0.15, 0.2) is 11.0 Å². The van der Waals surface area contributed by atoms with Gasteiger partial charge < -0.3 is 10.4 Å². The van der Waals surface area contributed by atoms with Crippen LogP contribution in [0, 0.1) is 19.8 Å². The highest BCUT2D eigenvalue weighted by atomic mass is 35.5. The second-order valence-electron chi connectivity index (χ2n) is 7.86. The number of carboxylic acids is 1. The van der Waals surface area contributed by atoms with Crippen molar-refractivity contribution in [2.24, 2.45) is 5.92 Å². The highest BCUT2D eigenvalue weighted by Crippen LogP contribution is 2.31. The molecule has 0 unspecified atom stereocenters. The highest BCUT2D eigenvalue weighted by Gasteiger charge is 2.24. The number of hydrogen-bond donors (Lipinski definition) is 2. The molecule has 0 bridgehead atoms. The number of nitrogens with one attached hydrogen (secondary N) is 1. The third kappa shape index (κ3) is 5.49. The van der Waals surface area contributed by atoms with Crippen molar-refractivity contribution >= 4 is 35.2 Å². The number of carbonyl (C=O) groups excluding carboxylic acids is 1. The fraction of sp³-hybridized carbons (Fsp3) is 0.304. The molecule has 32 heavy (non-hydrogen) atoms. The van der Waals surface area contributed by atoms with Crippen molar-refractivity contribution in [1.29, 1.82) is 0 Å². The van der Waals surface area contributed by atoms with Gasteiger partial charge in [-0.2, -0.15) is 0 Å². The van der Waals surface area contributed by atoms with Gasteiger partial charge in [-0.05, 0) is 49.1 Å². The number of hydrogen-bond acceptors (Lipinski definition) is 5. The summed E-state index contributed by atoms with van der Waals surface area (Å²) in [6.07, 6.45) is 0. The van der Waals surface area contributed by atoms with Crippen LogP contribution >= 0.6 is 23.4 Å². The molecular weight excluding hydrogens is 448 g/mol. The lowest BCUT2D eigenvalue weighted by atomic mass is 10.1. The molecular formula is C23H25ClN4O3S. The fourth-order valence-electron chi connectivity index (χ4n) is 3.21. The van der Waals surface area contributed by atoms with Gasteiger partial charge in [0.2, 0.25) is 5.91 Å². The number of amides is 1. The van der Waals surface area contributed by atoms with E-state index < -0.39 is 12.0 Å². The molecule has 9 heteroatoms. The maximum absolute atomic E-state index is 12.5. The molecule has 0 saturated heterocycles. The van der Waals surface area contributed by atoms with Gasteiger partial charge in [0.25, 0.3) is 0 Å². The molecule has 3 rings (SSSR count). The lowest BCUT2D eigenvalue weighted by molar-refractivity contribution is -0.142. The van der Waals surface area contributed by atoms with Crippen LogP contribution in [0.2, 0.25) is 5.02 Å². The predicted octanol–water partition coefficient (Wildman–Crippen LogP) is 4.52. The van der Waals surface area contributed by atoms with Crippen molar-refractivity contribution < 1.29 is 14.7 Å². The van der Waals surface area contributed by atoms with E-state index in [-0.39, 0.29) is 17.6 Å². The SMILES string of the molecule is Cc1ccc(C)c(-n2c(SCC(=O)N[C@@H](C(=O)O)C(C)C)nnc2-c2cccc(Cl)c2)c1. The number of nitrogens with zero attached hydrogens (tertiary/aromatic N) is 3. The summed E-state index contributed by atoms with van der Waals surface area (Å²) < 4.78 is 1.91. The first-order chi connectivity index (χ1) is 15.2. The van der Waals surface area contributed by atoms with Gasteiger partial charge in [0.05, 0.1) is 11.4 Å². The van der Waals surface area contributed by atoms with Crippen molar-refractivity contribution in [2.75, 3.05) is 5.75 Å². The van der Waals surface area contributed by atoms with Gasteiger partial charge in [0, 0.05) is 10.6 Å². The summed E-state index contributed by atoms with van der Waals surface area (Å²) in [4.78, 5) is 23.8. The average molecular weight is 473 g/mol. The van der Waals surface area contributed by atoms with Crippen LogP contribution < -0.4 is 5.32 Å². The van der Waals surface area contributed by atoms with Gasteiger partial charge in [0.1, 0.15) is 6.04 Å². The molecule has 1 amide bonds. The normalized spacial score (nSPS) is 12.1. The van der Waals surface area contributed by atoms with Crippen LogP contribution in [0.5, 0.6) is 0 Å². The molecule has 7 nitrogen and oxygen atoms in total. The molecule has 1 atom stereocenters. The van der Waals surface area contributed by atoms with E-state index in [1.165, 1.54) is 11.8 Å². The topological polar surface area (TPSA) is 97.1 Å². The lowest BCUT2D eigenvalue weighted by Crippen LogP contribution is -2.45. The van der Waals surface area contributed by atoms with Crippen LogP contribution in [0.4, 0.5) is 0 Å². The Morgan fingerprint density at radius 1 is 1.16 bits per heavy atom. The number of thioether (sulfide) groups is 1. The summed E-state index contributed by atoms with van der Waals surface area (Å²) in [6, 6.07) is 12.5. The molecule has 0 aliphatic carbocycles. The summed E-state index contributed by atoms with van der Waals surface area (Å²) in [7, 11) is 0. The number of rotatable bonds is 8. The number of carbonyl (C=O) groups is 2. The Kier molecular flexibility index (Phi) is 7.58. The third-order valence-corrected chi connectivity index (χ3v) is 6.07. The van der Waals surface area contributed by atoms with Gasteiger partial charge in [-0.15, -0.1) is 10.2 Å². The Labute approximate surface area is 196 Å².